The highest BCUT2D eigenvalue weighted by molar-refractivity contribution is 9.10. The number of methoxy groups -OCH3 is 1. The van der Waals surface area contributed by atoms with E-state index in [0.29, 0.717) is 0 Å². The fourth-order valence-electron chi connectivity index (χ4n) is 1.84. The van der Waals surface area contributed by atoms with Gasteiger partial charge in [0.1, 0.15) is 5.75 Å². The molecular weight excluding hydrogens is 290 g/mol. The molecule has 2 nitrogen and oxygen atoms in total. The number of nitrogens with two attached hydrogens (primary N) is 1. The summed E-state index contributed by atoms with van der Waals surface area (Å²) < 4.78 is 6.15. The lowest BCUT2D eigenvalue weighted by Crippen LogP contribution is -2.12. The summed E-state index contributed by atoms with van der Waals surface area (Å²) in [5, 5.41) is 0. The second kappa shape index (κ2) is 5.55. The monoisotopic (exact) mass is 305 g/mol. The highest BCUT2D eigenvalue weighted by Gasteiger charge is 2.12. The predicted molar refractivity (Wildman–Crippen MR) is 77.9 cm³/mol. The van der Waals surface area contributed by atoms with Crippen molar-refractivity contribution >= 4 is 15.9 Å². The number of aryl methyl sites for hydroxylation is 1. The molecule has 0 saturated heterocycles. The Kier molecular flexibility index (Phi) is 4.04. The molecule has 2 N–H and O–H groups in total. The van der Waals surface area contributed by atoms with Crippen LogP contribution >= 0.6 is 15.9 Å². The molecular formula is C15H16BrNO. The van der Waals surface area contributed by atoms with Crippen molar-refractivity contribution in [2.45, 2.75) is 13.0 Å². The second-order valence-corrected chi connectivity index (χ2v) is 5.13. The molecule has 0 bridgehead atoms. The van der Waals surface area contributed by atoms with Gasteiger partial charge in [0.2, 0.25) is 0 Å². The van der Waals surface area contributed by atoms with E-state index in [4.69, 9.17) is 10.5 Å². The van der Waals surface area contributed by atoms with Gasteiger partial charge in [-0.1, -0.05) is 51.8 Å². The first-order chi connectivity index (χ1) is 8.61. The molecule has 2 aromatic carbocycles. The van der Waals surface area contributed by atoms with E-state index in [1.54, 1.807) is 7.11 Å². The molecule has 0 aliphatic heterocycles. The van der Waals surface area contributed by atoms with E-state index in [2.05, 4.69) is 47.1 Å². The Labute approximate surface area is 116 Å². The van der Waals surface area contributed by atoms with Gasteiger partial charge in [0.05, 0.1) is 13.2 Å². The Balaban J connectivity index is 2.33. The van der Waals surface area contributed by atoms with Gasteiger partial charge in [-0.3, -0.25) is 0 Å². The molecule has 94 valence electrons. The molecule has 0 heterocycles. The van der Waals surface area contributed by atoms with Crippen LogP contribution in [0.4, 0.5) is 0 Å². The third-order valence-electron chi connectivity index (χ3n) is 2.98. The molecule has 0 amide bonds. The van der Waals surface area contributed by atoms with Crippen LogP contribution in [0.1, 0.15) is 22.7 Å². The van der Waals surface area contributed by atoms with Crippen molar-refractivity contribution in [3.8, 4) is 5.75 Å². The highest BCUT2D eigenvalue weighted by atomic mass is 79.9. The van der Waals surface area contributed by atoms with Crippen molar-refractivity contribution in [1.29, 1.82) is 0 Å². The molecule has 0 aromatic heterocycles. The SMILES string of the molecule is COc1ccc(C(N)c2ccc(C)cc2)c(Br)c1. The van der Waals surface area contributed by atoms with Crippen LogP contribution < -0.4 is 10.5 Å². The first-order valence-electron chi connectivity index (χ1n) is 5.77. The fraction of sp³-hybridized carbons (Fsp3) is 0.200. The van der Waals surface area contributed by atoms with E-state index >= 15 is 0 Å². The fourth-order valence-corrected chi connectivity index (χ4v) is 2.44. The van der Waals surface area contributed by atoms with Crippen LogP contribution in [0.3, 0.4) is 0 Å². The molecule has 2 aromatic rings. The minimum atomic E-state index is -0.133. The van der Waals surface area contributed by atoms with Crippen LogP contribution in [-0.2, 0) is 0 Å². The minimum absolute atomic E-state index is 0.133. The minimum Gasteiger partial charge on any atom is -0.497 e. The van der Waals surface area contributed by atoms with Crippen molar-refractivity contribution in [1.82, 2.24) is 0 Å². The maximum Gasteiger partial charge on any atom is 0.120 e. The molecule has 18 heavy (non-hydrogen) atoms. The standard InChI is InChI=1S/C15H16BrNO/c1-10-3-5-11(6-4-10)15(17)13-8-7-12(18-2)9-14(13)16/h3-9,15H,17H2,1-2H3. The van der Waals surface area contributed by atoms with Gasteiger partial charge in [-0.2, -0.15) is 0 Å². The number of benzene rings is 2. The predicted octanol–water partition coefficient (Wildman–Crippen LogP) is 3.81. The molecule has 1 atom stereocenters. The van der Waals surface area contributed by atoms with Crippen molar-refractivity contribution in [2.24, 2.45) is 5.73 Å². The van der Waals surface area contributed by atoms with Gasteiger partial charge in [-0.15, -0.1) is 0 Å². The molecule has 2 rings (SSSR count). The van der Waals surface area contributed by atoms with Gasteiger partial charge < -0.3 is 10.5 Å². The van der Waals surface area contributed by atoms with Crippen LogP contribution in [-0.4, -0.2) is 7.11 Å². The van der Waals surface area contributed by atoms with Gasteiger partial charge in [0.25, 0.3) is 0 Å². The number of ether oxygens (including phenoxy) is 1. The normalized spacial score (nSPS) is 12.2. The summed E-state index contributed by atoms with van der Waals surface area (Å²) in [5.41, 5.74) is 9.68. The lowest BCUT2D eigenvalue weighted by molar-refractivity contribution is 0.414. The Hall–Kier alpha value is -1.32. The lowest BCUT2D eigenvalue weighted by atomic mass is 9.99. The van der Waals surface area contributed by atoms with E-state index in [1.165, 1.54) is 5.56 Å². The van der Waals surface area contributed by atoms with Crippen molar-refractivity contribution in [3.05, 3.63) is 63.6 Å². The van der Waals surface area contributed by atoms with Crippen LogP contribution in [0, 0.1) is 6.92 Å². The first kappa shape index (κ1) is 13.1. The quantitative estimate of drug-likeness (QED) is 0.936. The van der Waals surface area contributed by atoms with Gasteiger partial charge in [-0.05, 0) is 30.2 Å². The van der Waals surface area contributed by atoms with Crippen LogP contribution in [0.25, 0.3) is 0 Å². The Morgan fingerprint density at radius 1 is 1.11 bits per heavy atom. The molecule has 1 unspecified atom stereocenters. The van der Waals surface area contributed by atoms with E-state index in [1.807, 2.05) is 18.2 Å². The Bertz CT molecular complexity index is 537. The molecule has 0 aliphatic rings. The van der Waals surface area contributed by atoms with Crippen LogP contribution in [0.5, 0.6) is 5.75 Å². The average molecular weight is 306 g/mol. The summed E-state index contributed by atoms with van der Waals surface area (Å²) in [7, 11) is 1.65. The molecule has 3 heteroatoms. The van der Waals surface area contributed by atoms with Gasteiger partial charge >= 0.3 is 0 Å². The van der Waals surface area contributed by atoms with Crippen LogP contribution in [0.15, 0.2) is 46.9 Å². The zero-order chi connectivity index (χ0) is 13.1. The number of rotatable bonds is 3. The maximum absolute atomic E-state index is 6.29. The Morgan fingerprint density at radius 2 is 1.78 bits per heavy atom. The summed E-state index contributed by atoms with van der Waals surface area (Å²) in [4.78, 5) is 0. The average Bonchev–Trinajstić information content (AvgIpc) is 2.38. The van der Waals surface area contributed by atoms with Gasteiger partial charge in [-0.25, -0.2) is 0 Å². The third-order valence-corrected chi connectivity index (χ3v) is 3.67. The summed E-state index contributed by atoms with van der Waals surface area (Å²) in [6.07, 6.45) is 0. The highest BCUT2D eigenvalue weighted by Crippen LogP contribution is 2.30. The molecule has 0 radical (unpaired) electrons. The number of halogens is 1. The second-order valence-electron chi connectivity index (χ2n) is 4.28. The molecule has 0 aliphatic carbocycles. The smallest absolute Gasteiger partial charge is 0.120 e. The van der Waals surface area contributed by atoms with Crippen molar-refractivity contribution < 1.29 is 4.74 Å². The number of hydrogen-bond acceptors (Lipinski definition) is 2. The van der Waals surface area contributed by atoms with Crippen molar-refractivity contribution in [3.63, 3.8) is 0 Å². The molecule has 0 spiro atoms. The van der Waals surface area contributed by atoms with E-state index < -0.39 is 0 Å². The zero-order valence-corrected chi connectivity index (χ0v) is 12.1. The topological polar surface area (TPSA) is 35.2 Å². The van der Waals surface area contributed by atoms with E-state index in [9.17, 15) is 0 Å². The zero-order valence-electron chi connectivity index (χ0n) is 10.5. The summed E-state index contributed by atoms with van der Waals surface area (Å²) >= 11 is 3.54. The van der Waals surface area contributed by atoms with Crippen molar-refractivity contribution in [2.75, 3.05) is 7.11 Å². The van der Waals surface area contributed by atoms with E-state index in [-0.39, 0.29) is 6.04 Å². The third kappa shape index (κ3) is 2.74. The summed E-state index contributed by atoms with van der Waals surface area (Å²) in [6.45, 7) is 2.07. The molecule has 0 saturated carbocycles. The number of hydrogen-bond donors (Lipinski definition) is 1. The lowest BCUT2D eigenvalue weighted by Gasteiger charge is -2.15. The van der Waals surface area contributed by atoms with E-state index in [0.717, 1.165) is 21.3 Å². The summed E-state index contributed by atoms with van der Waals surface area (Å²) in [6, 6.07) is 14.0. The maximum atomic E-state index is 6.29. The van der Waals surface area contributed by atoms with Crippen LogP contribution in [0.2, 0.25) is 0 Å². The largest absolute Gasteiger partial charge is 0.497 e. The summed E-state index contributed by atoms with van der Waals surface area (Å²) in [5.74, 6) is 0.821. The molecule has 0 fully saturated rings. The van der Waals surface area contributed by atoms with Gasteiger partial charge in [0.15, 0.2) is 0 Å². The van der Waals surface area contributed by atoms with Gasteiger partial charge in [0, 0.05) is 4.47 Å². The first-order valence-corrected chi connectivity index (χ1v) is 6.56. The Morgan fingerprint density at radius 3 is 2.33 bits per heavy atom.